The number of rotatable bonds is 3. The van der Waals surface area contributed by atoms with Gasteiger partial charge in [-0.1, -0.05) is 11.6 Å². The summed E-state index contributed by atoms with van der Waals surface area (Å²) >= 11 is 5.22. The molecule has 0 aliphatic carbocycles. The van der Waals surface area contributed by atoms with E-state index in [-0.39, 0.29) is 0 Å². The lowest BCUT2D eigenvalue weighted by molar-refractivity contribution is -0.124. The van der Waals surface area contributed by atoms with Crippen molar-refractivity contribution >= 4 is 17.5 Å². The molecule has 0 saturated carbocycles. The molecule has 3 nitrogen and oxygen atoms in total. The maximum atomic E-state index is 10.1. The maximum absolute atomic E-state index is 10.1. The number of hydrogen-bond acceptors (Lipinski definition) is 2. The summed E-state index contributed by atoms with van der Waals surface area (Å²) in [7, 11) is 0. The molecule has 48 valence electrons. The monoisotopic (exact) mass is 137 g/mol. The first-order chi connectivity index (χ1) is 3.68. The van der Waals surface area contributed by atoms with Gasteiger partial charge in [0.1, 0.15) is 0 Å². The van der Waals surface area contributed by atoms with Gasteiger partial charge in [-0.25, -0.2) is 0 Å². The van der Waals surface area contributed by atoms with Crippen molar-refractivity contribution in [3.63, 3.8) is 0 Å². The minimum atomic E-state index is -0.972. The second kappa shape index (κ2) is 3.69. The summed E-state index contributed by atoms with van der Waals surface area (Å²) in [6.07, 6.45) is 0. The Hall–Kier alpha value is -0.280. The van der Waals surface area contributed by atoms with Crippen LogP contribution in [0.25, 0.3) is 0 Å². The van der Waals surface area contributed by atoms with Crippen molar-refractivity contribution in [2.24, 2.45) is 5.73 Å². The second-order valence-electron chi connectivity index (χ2n) is 1.17. The number of alkyl halides is 1. The van der Waals surface area contributed by atoms with Crippen molar-refractivity contribution in [3.05, 3.63) is 0 Å². The van der Waals surface area contributed by atoms with Crippen LogP contribution in [0.15, 0.2) is 0 Å². The number of hydrogen-bond donors (Lipinski definition) is 1. The fourth-order valence-corrected chi connectivity index (χ4v) is 0.354. The first-order valence-corrected chi connectivity index (χ1v) is 2.67. The lowest BCUT2D eigenvalue weighted by Gasteiger charge is -2.01. The van der Waals surface area contributed by atoms with E-state index in [0.717, 1.165) is 0 Å². The average molecular weight is 138 g/mol. The molecule has 8 heavy (non-hydrogen) atoms. The van der Waals surface area contributed by atoms with Crippen LogP contribution in [-0.4, -0.2) is 18.1 Å². The molecule has 1 atom stereocenters. The highest BCUT2D eigenvalue weighted by Crippen LogP contribution is 1.94. The lowest BCUT2D eigenvalue weighted by Crippen LogP contribution is -2.25. The predicted molar refractivity (Wildman–Crippen MR) is 30.5 cm³/mol. The molecule has 1 unspecified atom stereocenters. The Morgan fingerprint density at radius 2 is 2.50 bits per heavy atom. The van der Waals surface area contributed by atoms with E-state index >= 15 is 0 Å². The van der Waals surface area contributed by atoms with Crippen LogP contribution in [0.1, 0.15) is 6.92 Å². The van der Waals surface area contributed by atoms with E-state index in [9.17, 15) is 4.79 Å². The maximum Gasteiger partial charge on any atom is 0.262 e. The molecule has 0 aliphatic rings. The summed E-state index contributed by atoms with van der Waals surface area (Å²) in [4.78, 5) is 10.1. The summed E-state index contributed by atoms with van der Waals surface area (Å²) in [5, 5.41) is 0. The molecule has 0 rings (SSSR count). The highest BCUT2D eigenvalue weighted by atomic mass is 35.5. The third kappa shape index (κ3) is 2.82. The van der Waals surface area contributed by atoms with Gasteiger partial charge in [0.25, 0.3) is 5.91 Å². The van der Waals surface area contributed by atoms with E-state index in [1.54, 1.807) is 6.92 Å². The van der Waals surface area contributed by atoms with E-state index < -0.39 is 11.5 Å². The average Bonchev–Trinajstić information content (AvgIpc) is 1.67. The van der Waals surface area contributed by atoms with Gasteiger partial charge in [-0.05, 0) is 6.92 Å². The van der Waals surface area contributed by atoms with Crippen LogP contribution < -0.4 is 5.73 Å². The van der Waals surface area contributed by atoms with Crippen LogP contribution in [0.2, 0.25) is 0 Å². The third-order valence-electron chi connectivity index (χ3n) is 0.537. The highest BCUT2D eigenvalue weighted by molar-refractivity contribution is 6.29. The molecule has 0 saturated heterocycles. The fourth-order valence-electron chi connectivity index (χ4n) is 0.228. The van der Waals surface area contributed by atoms with E-state index in [0.29, 0.717) is 6.61 Å². The molecule has 0 radical (unpaired) electrons. The standard InChI is InChI=1S/C4H8ClNO2/c1-2-8-3(5)4(6)7/h3H,2H2,1H3,(H2,6,7). The van der Waals surface area contributed by atoms with E-state index in [4.69, 9.17) is 17.3 Å². The Kier molecular flexibility index (Phi) is 3.56. The van der Waals surface area contributed by atoms with E-state index in [1.807, 2.05) is 0 Å². The minimum absolute atomic E-state index is 0.400. The lowest BCUT2D eigenvalue weighted by atomic mass is 10.7. The van der Waals surface area contributed by atoms with Crippen molar-refractivity contribution in [1.82, 2.24) is 0 Å². The number of halogens is 1. The molecule has 1 amide bonds. The summed E-state index contributed by atoms with van der Waals surface area (Å²) in [6.45, 7) is 2.13. The molecule has 0 aliphatic heterocycles. The molecule has 0 aromatic carbocycles. The third-order valence-corrected chi connectivity index (χ3v) is 0.878. The quantitative estimate of drug-likeness (QED) is 0.560. The largest absolute Gasteiger partial charge is 0.366 e. The smallest absolute Gasteiger partial charge is 0.262 e. The van der Waals surface area contributed by atoms with Crippen LogP contribution >= 0.6 is 11.6 Å². The fraction of sp³-hybridized carbons (Fsp3) is 0.750. The Morgan fingerprint density at radius 1 is 2.00 bits per heavy atom. The van der Waals surface area contributed by atoms with Crippen molar-refractivity contribution in [2.75, 3.05) is 6.61 Å². The summed E-state index contributed by atoms with van der Waals surface area (Å²) < 4.78 is 4.59. The zero-order valence-electron chi connectivity index (χ0n) is 4.56. The normalized spacial score (nSPS) is 13.2. The van der Waals surface area contributed by atoms with Gasteiger partial charge in [-0.2, -0.15) is 0 Å². The van der Waals surface area contributed by atoms with Crippen LogP contribution in [0, 0.1) is 0 Å². The van der Waals surface area contributed by atoms with E-state index in [2.05, 4.69) is 4.74 Å². The summed E-state index contributed by atoms with van der Waals surface area (Å²) in [5.74, 6) is -0.645. The van der Waals surface area contributed by atoms with Gasteiger partial charge in [-0.15, -0.1) is 0 Å². The predicted octanol–water partition coefficient (Wildman–Crippen LogP) is 0.0731. The number of carbonyl (C=O) groups is 1. The topological polar surface area (TPSA) is 52.3 Å². The van der Waals surface area contributed by atoms with Crippen molar-refractivity contribution in [1.29, 1.82) is 0 Å². The molecule has 0 bridgehead atoms. The minimum Gasteiger partial charge on any atom is -0.366 e. The van der Waals surface area contributed by atoms with Gasteiger partial charge in [0.05, 0.1) is 0 Å². The van der Waals surface area contributed by atoms with Gasteiger partial charge in [0.15, 0.2) is 0 Å². The van der Waals surface area contributed by atoms with Gasteiger partial charge >= 0.3 is 0 Å². The first-order valence-electron chi connectivity index (χ1n) is 2.23. The summed E-state index contributed by atoms with van der Waals surface area (Å²) in [5.41, 5.74) is 3.75. The Labute approximate surface area is 52.8 Å². The molecular formula is C4H8ClNO2. The first kappa shape index (κ1) is 7.72. The van der Waals surface area contributed by atoms with Crippen molar-refractivity contribution in [3.8, 4) is 0 Å². The summed E-state index contributed by atoms with van der Waals surface area (Å²) in [6, 6.07) is 0. The van der Waals surface area contributed by atoms with Crippen molar-refractivity contribution < 1.29 is 9.53 Å². The van der Waals surface area contributed by atoms with Gasteiger partial charge < -0.3 is 10.5 Å². The molecule has 2 N–H and O–H groups in total. The molecule has 0 spiro atoms. The number of primary amides is 1. The zero-order valence-corrected chi connectivity index (χ0v) is 5.31. The number of amides is 1. The van der Waals surface area contributed by atoms with Gasteiger partial charge in [0, 0.05) is 6.61 Å². The number of nitrogens with two attached hydrogens (primary N) is 1. The highest BCUT2D eigenvalue weighted by Gasteiger charge is 2.08. The van der Waals surface area contributed by atoms with Crippen LogP contribution in [0.5, 0.6) is 0 Å². The number of carbonyl (C=O) groups excluding carboxylic acids is 1. The molecule has 4 heteroatoms. The molecule has 0 aromatic heterocycles. The van der Waals surface area contributed by atoms with Crippen LogP contribution in [0.3, 0.4) is 0 Å². The van der Waals surface area contributed by atoms with Gasteiger partial charge in [-0.3, -0.25) is 4.79 Å². The Balaban J connectivity index is 3.32. The zero-order chi connectivity index (χ0) is 6.57. The Morgan fingerprint density at radius 3 is 2.62 bits per heavy atom. The van der Waals surface area contributed by atoms with Crippen molar-refractivity contribution in [2.45, 2.75) is 12.5 Å². The van der Waals surface area contributed by atoms with Gasteiger partial charge in [0.2, 0.25) is 5.56 Å². The molecule has 0 heterocycles. The number of ether oxygens (including phenoxy) is 1. The Bertz CT molecular complexity index is 86.1. The molecular weight excluding hydrogens is 130 g/mol. The van der Waals surface area contributed by atoms with E-state index in [1.165, 1.54) is 0 Å². The van der Waals surface area contributed by atoms with Crippen LogP contribution in [0.4, 0.5) is 0 Å². The second-order valence-corrected chi connectivity index (χ2v) is 1.57. The molecule has 0 fully saturated rings. The van der Waals surface area contributed by atoms with Crippen LogP contribution in [-0.2, 0) is 9.53 Å². The SMILES string of the molecule is CCOC(Cl)C(N)=O. The molecule has 0 aromatic rings.